The van der Waals surface area contributed by atoms with Crippen LogP contribution in [0.5, 0.6) is 17.2 Å². The number of nitrogens with zero attached hydrogens (tertiary/aromatic N) is 2. The second-order valence-corrected chi connectivity index (χ2v) is 9.32. The number of ether oxygens (including phenoxy) is 4. The molecule has 1 aliphatic heterocycles. The summed E-state index contributed by atoms with van der Waals surface area (Å²) in [4.78, 5) is 43.3. The van der Waals surface area contributed by atoms with E-state index in [-0.39, 0.29) is 12.2 Å². The fraction of sp³-hybridized carbons (Fsp3) is 0.286. The maximum Gasteiger partial charge on any atom is 0.338 e. The lowest BCUT2D eigenvalue weighted by Gasteiger charge is -2.24. The van der Waals surface area contributed by atoms with Gasteiger partial charge in [0.2, 0.25) is 0 Å². The lowest BCUT2D eigenvalue weighted by atomic mass is 9.96. The highest BCUT2D eigenvalue weighted by Crippen LogP contribution is 2.32. The molecule has 2 heterocycles. The standard InChI is InChI=1S/C28H28N2O7S/c1-6-35-22-14-18(8-13-21(22)37-17(4)31)15-23-26(32)30-25(19-9-11-20(34-5)12-10-19)24(27(33)36-7-2)16(3)29-28(30)38-23/h8-15,25H,6-7H2,1-5H3/b23-15+. The van der Waals surface area contributed by atoms with Crippen LogP contribution in [0.2, 0.25) is 0 Å². The molecule has 1 atom stereocenters. The second kappa shape index (κ2) is 11.5. The summed E-state index contributed by atoms with van der Waals surface area (Å²) in [5.74, 6) is 0.361. The maximum atomic E-state index is 13.8. The third kappa shape index (κ3) is 5.40. The van der Waals surface area contributed by atoms with Gasteiger partial charge in [-0.25, -0.2) is 9.79 Å². The summed E-state index contributed by atoms with van der Waals surface area (Å²) in [6.45, 7) is 7.18. The van der Waals surface area contributed by atoms with Gasteiger partial charge in [0.05, 0.1) is 42.2 Å². The van der Waals surface area contributed by atoms with Crippen LogP contribution in [0, 0.1) is 0 Å². The molecule has 0 amide bonds. The van der Waals surface area contributed by atoms with E-state index < -0.39 is 18.0 Å². The lowest BCUT2D eigenvalue weighted by molar-refractivity contribution is -0.139. The van der Waals surface area contributed by atoms with Gasteiger partial charge in [-0.05, 0) is 62.2 Å². The van der Waals surface area contributed by atoms with Gasteiger partial charge in [0, 0.05) is 6.92 Å². The van der Waals surface area contributed by atoms with Crippen molar-refractivity contribution in [3.63, 3.8) is 0 Å². The molecule has 198 valence electrons. The van der Waals surface area contributed by atoms with Crippen LogP contribution < -0.4 is 29.1 Å². The summed E-state index contributed by atoms with van der Waals surface area (Å²) in [5.41, 5.74) is 1.89. The second-order valence-electron chi connectivity index (χ2n) is 8.31. The SMILES string of the molecule is CCOC(=O)C1=C(C)N=c2s/c(=C/c3ccc(OC(C)=O)c(OCC)c3)c(=O)n2C1c1ccc(OC)cc1. The highest BCUT2D eigenvalue weighted by atomic mass is 32.1. The smallest absolute Gasteiger partial charge is 0.338 e. The number of hydrogen-bond acceptors (Lipinski definition) is 9. The zero-order chi connectivity index (χ0) is 27.4. The van der Waals surface area contributed by atoms with Crippen LogP contribution in [0.1, 0.15) is 44.9 Å². The van der Waals surface area contributed by atoms with Gasteiger partial charge >= 0.3 is 11.9 Å². The maximum absolute atomic E-state index is 13.8. The minimum Gasteiger partial charge on any atom is -0.497 e. The molecule has 0 bridgehead atoms. The van der Waals surface area contributed by atoms with E-state index in [0.29, 0.717) is 50.0 Å². The Hall–Kier alpha value is -4.18. The summed E-state index contributed by atoms with van der Waals surface area (Å²) in [6, 6.07) is 11.5. The van der Waals surface area contributed by atoms with E-state index in [1.807, 2.05) is 19.1 Å². The Balaban J connectivity index is 1.88. The Kier molecular flexibility index (Phi) is 8.11. The predicted molar refractivity (Wildman–Crippen MR) is 142 cm³/mol. The predicted octanol–water partition coefficient (Wildman–Crippen LogP) is 3.13. The largest absolute Gasteiger partial charge is 0.497 e. The minimum atomic E-state index is -0.719. The Morgan fingerprint density at radius 3 is 2.45 bits per heavy atom. The Bertz CT molecular complexity index is 1580. The number of esters is 2. The molecule has 38 heavy (non-hydrogen) atoms. The molecule has 2 aromatic carbocycles. The topological polar surface area (TPSA) is 105 Å². The van der Waals surface area contributed by atoms with Crippen molar-refractivity contribution in [2.75, 3.05) is 20.3 Å². The number of allylic oxidation sites excluding steroid dienone is 1. The first kappa shape index (κ1) is 26.9. The van der Waals surface area contributed by atoms with Crippen LogP contribution in [-0.2, 0) is 14.3 Å². The zero-order valence-electron chi connectivity index (χ0n) is 21.8. The number of carbonyl (C=O) groups is 2. The van der Waals surface area contributed by atoms with Crippen LogP contribution in [0.25, 0.3) is 6.08 Å². The van der Waals surface area contributed by atoms with Crippen LogP contribution in [-0.4, -0.2) is 36.8 Å². The number of rotatable bonds is 8. The highest BCUT2D eigenvalue weighted by Gasteiger charge is 2.33. The van der Waals surface area contributed by atoms with E-state index in [1.54, 1.807) is 57.4 Å². The number of benzene rings is 2. The Labute approximate surface area is 223 Å². The van der Waals surface area contributed by atoms with Gasteiger partial charge in [0.25, 0.3) is 5.56 Å². The Morgan fingerprint density at radius 1 is 1.08 bits per heavy atom. The van der Waals surface area contributed by atoms with E-state index in [9.17, 15) is 14.4 Å². The van der Waals surface area contributed by atoms with Crippen molar-refractivity contribution in [2.45, 2.75) is 33.7 Å². The van der Waals surface area contributed by atoms with Gasteiger partial charge in [-0.2, -0.15) is 0 Å². The molecule has 1 aromatic heterocycles. The fourth-order valence-corrected chi connectivity index (χ4v) is 5.21. The third-order valence-corrected chi connectivity index (χ3v) is 6.75. The van der Waals surface area contributed by atoms with E-state index in [0.717, 1.165) is 5.56 Å². The highest BCUT2D eigenvalue weighted by molar-refractivity contribution is 7.07. The summed E-state index contributed by atoms with van der Waals surface area (Å²) >= 11 is 1.22. The van der Waals surface area contributed by atoms with Crippen molar-refractivity contribution in [3.05, 3.63) is 84.5 Å². The molecule has 4 rings (SSSR count). The average molecular weight is 537 g/mol. The quantitative estimate of drug-likeness (QED) is 0.322. The monoisotopic (exact) mass is 536 g/mol. The molecule has 0 aliphatic carbocycles. The number of hydrogen-bond donors (Lipinski definition) is 0. The molecular formula is C28H28N2O7S. The molecule has 10 heteroatoms. The average Bonchev–Trinajstić information content (AvgIpc) is 3.19. The van der Waals surface area contributed by atoms with Crippen molar-refractivity contribution >= 4 is 29.4 Å². The minimum absolute atomic E-state index is 0.195. The first-order valence-corrected chi connectivity index (χ1v) is 12.9. The number of fused-ring (bicyclic) bond motifs is 1. The van der Waals surface area contributed by atoms with Crippen molar-refractivity contribution in [1.82, 2.24) is 4.57 Å². The van der Waals surface area contributed by atoms with Crippen LogP contribution in [0.15, 0.2) is 63.5 Å². The fourth-order valence-electron chi connectivity index (χ4n) is 4.17. The Morgan fingerprint density at radius 2 is 1.82 bits per heavy atom. The van der Waals surface area contributed by atoms with Crippen molar-refractivity contribution in [3.8, 4) is 17.2 Å². The molecule has 9 nitrogen and oxygen atoms in total. The molecule has 0 saturated carbocycles. The van der Waals surface area contributed by atoms with Crippen LogP contribution in [0.3, 0.4) is 0 Å². The first-order valence-electron chi connectivity index (χ1n) is 12.1. The van der Waals surface area contributed by atoms with Crippen LogP contribution >= 0.6 is 11.3 Å². The van der Waals surface area contributed by atoms with E-state index in [4.69, 9.17) is 18.9 Å². The summed E-state index contributed by atoms with van der Waals surface area (Å²) in [6.07, 6.45) is 1.72. The first-order chi connectivity index (χ1) is 18.3. The number of thiazole rings is 1. The molecule has 3 aromatic rings. The van der Waals surface area contributed by atoms with Crippen molar-refractivity contribution < 1.29 is 28.5 Å². The zero-order valence-corrected chi connectivity index (χ0v) is 22.6. The molecule has 0 radical (unpaired) electrons. The van der Waals surface area contributed by atoms with E-state index >= 15 is 0 Å². The van der Waals surface area contributed by atoms with Gasteiger partial charge in [-0.3, -0.25) is 14.2 Å². The molecule has 1 unspecified atom stereocenters. The molecule has 0 spiro atoms. The van der Waals surface area contributed by atoms with Gasteiger partial charge in [0.15, 0.2) is 16.3 Å². The molecule has 0 N–H and O–H groups in total. The van der Waals surface area contributed by atoms with Gasteiger partial charge < -0.3 is 18.9 Å². The number of aromatic nitrogens is 1. The molecular weight excluding hydrogens is 508 g/mol. The lowest BCUT2D eigenvalue weighted by Crippen LogP contribution is -2.39. The summed E-state index contributed by atoms with van der Waals surface area (Å²) < 4.78 is 23.4. The van der Waals surface area contributed by atoms with E-state index in [2.05, 4.69) is 4.99 Å². The van der Waals surface area contributed by atoms with Gasteiger partial charge in [0.1, 0.15) is 5.75 Å². The van der Waals surface area contributed by atoms with Crippen LogP contribution in [0.4, 0.5) is 0 Å². The van der Waals surface area contributed by atoms with Gasteiger partial charge in [-0.1, -0.05) is 29.5 Å². The molecule has 0 saturated heterocycles. The molecule has 0 fully saturated rings. The summed E-state index contributed by atoms with van der Waals surface area (Å²) in [7, 11) is 1.57. The molecule has 1 aliphatic rings. The van der Waals surface area contributed by atoms with Crippen molar-refractivity contribution in [2.24, 2.45) is 4.99 Å². The number of carbonyl (C=O) groups excluding carboxylic acids is 2. The van der Waals surface area contributed by atoms with Crippen molar-refractivity contribution in [1.29, 1.82) is 0 Å². The van der Waals surface area contributed by atoms with Gasteiger partial charge in [-0.15, -0.1) is 0 Å². The number of methoxy groups -OCH3 is 1. The third-order valence-electron chi connectivity index (χ3n) is 5.77. The summed E-state index contributed by atoms with van der Waals surface area (Å²) in [5, 5.41) is 0. The normalized spacial score (nSPS) is 15.0. The van der Waals surface area contributed by atoms with E-state index in [1.165, 1.54) is 22.8 Å².